The van der Waals surface area contributed by atoms with Crippen LogP contribution >= 0.6 is 0 Å². The van der Waals surface area contributed by atoms with Crippen LogP contribution in [0, 0.1) is 5.92 Å². The van der Waals surface area contributed by atoms with Gasteiger partial charge in [-0.2, -0.15) is 5.10 Å². The molecule has 0 saturated heterocycles. The number of amides is 1. The monoisotopic (exact) mass is 459 g/mol. The maximum Gasteiger partial charge on any atom is 0.223 e. The Labute approximate surface area is 201 Å². The summed E-state index contributed by atoms with van der Waals surface area (Å²) in [6, 6.07) is 18.6. The summed E-state index contributed by atoms with van der Waals surface area (Å²) >= 11 is 0. The van der Waals surface area contributed by atoms with Crippen LogP contribution in [0.4, 0.5) is 0 Å². The molecule has 2 aliphatic rings. The van der Waals surface area contributed by atoms with Gasteiger partial charge >= 0.3 is 0 Å². The molecule has 0 radical (unpaired) electrons. The van der Waals surface area contributed by atoms with Crippen molar-refractivity contribution in [3.8, 4) is 11.5 Å². The number of ether oxygens (including phenoxy) is 2. The van der Waals surface area contributed by atoms with Gasteiger partial charge in [0.2, 0.25) is 5.91 Å². The second-order valence-corrected chi connectivity index (χ2v) is 9.27. The molecule has 0 bridgehead atoms. The van der Waals surface area contributed by atoms with Gasteiger partial charge in [-0.05, 0) is 80.8 Å². The summed E-state index contributed by atoms with van der Waals surface area (Å²) in [5, 5.41) is 7.35. The number of aryl methyl sites for hydroxylation is 2. The smallest absolute Gasteiger partial charge is 0.223 e. The second-order valence-electron chi connectivity index (χ2n) is 9.27. The largest absolute Gasteiger partial charge is 0.490 e. The number of carbonyl (C=O) groups is 1. The fourth-order valence-corrected chi connectivity index (χ4v) is 5.09. The Hall–Kier alpha value is -3.28. The predicted octanol–water partition coefficient (Wildman–Crippen LogP) is 5.22. The van der Waals surface area contributed by atoms with E-state index in [0.717, 1.165) is 62.3 Å². The molecule has 1 unspecified atom stereocenters. The Kier molecular flexibility index (Phi) is 6.84. The van der Waals surface area contributed by atoms with Gasteiger partial charge in [-0.3, -0.25) is 9.48 Å². The Morgan fingerprint density at radius 2 is 1.91 bits per heavy atom. The van der Waals surface area contributed by atoms with Crippen LogP contribution in [0.15, 0.2) is 60.8 Å². The third kappa shape index (κ3) is 5.11. The van der Waals surface area contributed by atoms with Crippen LogP contribution in [0.5, 0.6) is 11.5 Å². The van der Waals surface area contributed by atoms with Crippen LogP contribution in [0.25, 0.3) is 0 Å². The van der Waals surface area contributed by atoms with Crippen molar-refractivity contribution in [2.24, 2.45) is 5.92 Å². The first kappa shape index (κ1) is 22.5. The lowest BCUT2D eigenvalue weighted by Gasteiger charge is -2.30. The molecule has 178 valence electrons. The molecule has 1 fully saturated rings. The highest BCUT2D eigenvalue weighted by atomic mass is 16.5. The number of nitrogens with zero attached hydrogens (tertiary/aromatic N) is 2. The summed E-state index contributed by atoms with van der Waals surface area (Å²) in [6.07, 6.45) is 7.52. The minimum absolute atomic E-state index is 0.0599. The summed E-state index contributed by atoms with van der Waals surface area (Å²) in [7, 11) is 0. The molecule has 5 rings (SSSR count). The fraction of sp³-hybridized carbons (Fsp3) is 0.429. The quantitative estimate of drug-likeness (QED) is 0.526. The van der Waals surface area contributed by atoms with Crippen molar-refractivity contribution in [2.75, 3.05) is 0 Å². The van der Waals surface area contributed by atoms with Gasteiger partial charge in [0, 0.05) is 18.7 Å². The lowest BCUT2D eigenvalue weighted by Crippen LogP contribution is -2.35. The average Bonchev–Trinajstić information content (AvgIpc) is 3.35. The molecule has 1 aliphatic carbocycles. The van der Waals surface area contributed by atoms with Gasteiger partial charge in [-0.1, -0.05) is 30.3 Å². The predicted molar refractivity (Wildman–Crippen MR) is 131 cm³/mol. The van der Waals surface area contributed by atoms with Crippen molar-refractivity contribution in [3.63, 3.8) is 0 Å². The summed E-state index contributed by atoms with van der Waals surface area (Å²) in [6.45, 7) is 3.39. The molecule has 1 aliphatic heterocycles. The zero-order valence-corrected chi connectivity index (χ0v) is 19.8. The third-order valence-corrected chi connectivity index (χ3v) is 7.04. The maximum atomic E-state index is 12.7. The Balaban J connectivity index is 1.10. The average molecular weight is 460 g/mol. The minimum Gasteiger partial charge on any atom is -0.490 e. The zero-order valence-electron chi connectivity index (χ0n) is 19.8. The fourth-order valence-electron chi connectivity index (χ4n) is 5.09. The lowest BCUT2D eigenvalue weighted by molar-refractivity contribution is -0.126. The Morgan fingerprint density at radius 3 is 2.71 bits per heavy atom. The van der Waals surface area contributed by atoms with E-state index in [1.165, 1.54) is 11.1 Å². The van der Waals surface area contributed by atoms with E-state index in [9.17, 15) is 4.79 Å². The number of rotatable bonds is 7. The van der Waals surface area contributed by atoms with Crippen molar-refractivity contribution in [3.05, 3.63) is 77.6 Å². The molecule has 1 amide bonds. The molecule has 6 nitrogen and oxygen atoms in total. The molecule has 2 heterocycles. The van der Waals surface area contributed by atoms with Gasteiger partial charge in [0.1, 0.15) is 17.6 Å². The number of nitrogens with one attached hydrogen (secondary N) is 1. The standard InChI is InChI=1S/C28H33N3O3/c1-2-31-23(16-17-30-31)19-29-28(32)21-8-11-24(12-9-21)33-25-13-15-27-22(18-25)10-14-26(34-27)20-6-4-3-5-7-20/h3-7,13,15-18,21,24,26H,2,8-12,14,19H2,1H3,(H,29,32). The summed E-state index contributed by atoms with van der Waals surface area (Å²) in [4.78, 5) is 12.7. The number of benzene rings is 2. The van der Waals surface area contributed by atoms with Crippen LogP contribution in [-0.4, -0.2) is 21.8 Å². The van der Waals surface area contributed by atoms with Gasteiger partial charge in [-0.25, -0.2) is 0 Å². The van der Waals surface area contributed by atoms with E-state index < -0.39 is 0 Å². The molecule has 1 saturated carbocycles. The van der Waals surface area contributed by atoms with Crippen LogP contribution in [0.2, 0.25) is 0 Å². The van der Waals surface area contributed by atoms with Crippen LogP contribution < -0.4 is 14.8 Å². The normalized spacial score (nSPS) is 21.9. The van der Waals surface area contributed by atoms with E-state index in [4.69, 9.17) is 9.47 Å². The van der Waals surface area contributed by atoms with Gasteiger partial charge in [0.05, 0.1) is 18.3 Å². The van der Waals surface area contributed by atoms with Gasteiger partial charge in [0.15, 0.2) is 0 Å². The van der Waals surface area contributed by atoms with E-state index in [-0.39, 0.29) is 24.0 Å². The summed E-state index contributed by atoms with van der Waals surface area (Å²) in [5.41, 5.74) is 3.48. The molecule has 34 heavy (non-hydrogen) atoms. The number of carbonyl (C=O) groups excluding carboxylic acids is 1. The first-order valence-corrected chi connectivity index (χ1v) is 12.5. The van der Waals surface area contributed by atoms with Crippen LogP contribution in [0.1, 0.15) is 62.0 Å². The van der Waals surface area contributed by atoms with Crippen molar-refractivity contribution < 1.29 is 14.3 Å². The zero-order chi connectivity index (χ0) is 23.3. The number of aromatic nitrogens is 2. The van der Waals surface area contributed by atoms with Crippen LogP contribution in [0.3, 0.4) is 0 Å². The molecule has 1 aromatic heterocycles. The minimum atomic E-state index is 0.0599. The van der Waals surface area contributed by atoms with Crippen molar-refractivity contribution >= 4 is 5.91 Å². The number of hydrogen-bond acceptors (Lipinski definition) is 4. The van der Waals surface area contributed by atoms with Crippen LogP contribution in [-0.2, 0) is 24.3 Å². The summed E-state index contributed by atoms with van der Waals surface area (Å²) < 4.78 is 14.5. The number of hydrogen-bond donors (Lipinski definition) is 1. The van der Waals surface area contributed by atoms with E-state index in [0.29, 0.717) is 6.54 Å². The summed E-state index contributed by atoms with van der Waals surface area (Å²) in [5.74, 6) is 2.06. The third-order valence-electron chi connectivity index (χ3n) is 7.04. The molecule has 3 aromatic rings. The molecule has 2 aromatic carbocycles. The maximum absolute atomic E-state index is 12.7. The molecule has 0 spiro atoms. The van der Waals surface area contributed by atoms with E-state index in [1.54, 1.807) is 6.20 Å². The first-order chi connectivity index (χ1) is 16.7. The first-order valence-electron chi connectivity index (χ1n) is 12.5. The molecule has 6 heteroatoms. The van der Waals surface area contributed by atoms with Crippen molar-refractivity contribution in [2.45, 2.75) is 70.7 Å². The van der Waals surface area contributed by atoms with Crippen molar-refractivity contribution in [1.82, 2.24) is 15.1 Å². The Bertz CT molecular complexity index is 1100. The highest BCUT2D eigenvalue weighted by molar-refractivity contribution is 5.78. The highest BCUT2D eigenvalue weighted by Gasteiger charge is 2.28. The van der Waals surface area contributed by atoms with E-state index in [2.05, 4.69) is 47.7 Å². The SMILES string of the molecule is CCn1nccc1CNC(=O)C1CCC(Oc2ccc3c(c2)CCC(c2ccccc2)O3)CC1. The van der Waals surface area contributed by atoms with E-state index >= 15 is 0 Å². The molecule has 1 atom stereocenters. The van der Waals surface area contributed by atoms with Gasteiger partial charge < -0.3 is 14.8 Å². The topological polar surface area (TPSA) is 65.4 Å². The van der Waals surface area contributed by atoms with E-state index in [1.807, 2.05) is 28.9 Å². The van der Waals surface area contributed by atoms with Gasteiger partial charge in [0.25, 0.3) is 0 Å². The molecule has 1 N–H and O–H groups in total. The molecular weight excluding hydrogens is 426 g/mol. The Morgan fingerprint density at radius 1 is 1.09 bits per heavy atom. The second kappa shape index (κ2) is 10.3. The number of fused-ring (bicyclic) bond motifs is 1. The highest BCUT2D eigenvalue weighted by Crippen LogP contribution is 2.37. The van der Waals surface area contributed by atoms with Gasteiger partial charge in [-0.15, -0.1) is 0 Å². The lowest BCUT2D eigenvalue weighted by atomic mass is 9.86. The van der Waals surface area contributed by atoms with Crippen molar-refractivity contribution in [1.29, 1.82) is 0 Å². The molecular formula is C28H33N3O3.